The molecule has 2 aromatic rings. The number of morpholine rings is 1. The van der Waals surface area contributed by atoms with Crippen LogP contribution in [0, 0.1) is 0 Å². The highest BCUT2D eigenvalue weighted by Gasteiger charge is 2.30. The number of halogens is 1. The fourth-order valence-corrected chi connectivity index (χ4v) is 3.55. The number of carbonyl (C=O) groups is 2. The zero-order valence-corrected chi connectivity index (χ0v) is 13.6. The second-order valence-corrected chi connectivity index (χ2v) is 6.64. The molecule has 1 aliphatic rings. The Hall–Kier alpha value is -1.89. The fourth-order valence-electron chi connectivity index (χ4n) is 2.39. The summed E-state index contributed by atoms with van der Waals surface area (Å²) < 4.78 is 5.14. The lowest BCUT2D eigenvalue weighted by molar-refractivity contribution is -0.154. The average molecular weight is 352 g/mol. The van der Waals surface area contributed by atoms with Crippen molar-refractivity contribution < 1.29 is 19.4 Å². The van der Waals surface area contributed by atoms with Crippen molar-refractivity contribution in [3.8, 4) is 10.4 Å². The lowest BCUT2D eigenvalue weighted by Crippen LogP contribution is -2.48. The predicted molar refractivity (Wildman–Crippen MR) is 88.0 cm³/mol. The molecule has 1 aromatic carbocycles. The summed E-state index contributed by atoms with van der Waals surface area (Å²) in [5.41, 5.74) is 0.951. The van der Waals surface area contributed by atoms with Crippen molar-refractivity contribution in [1.82, 2.24) is 4.90 Å². The number of rotatable bonds is 3. The third-order valence-corrected chi connectivity index (χ3v) is 4.91. The van der Waals surface area contributed by atoms with Gasteiger partial charge in [-0.15, -0.1) is 11.3 Å². The Kier molecular flexibility index (Phi) is 4.66. The summed E-state index contributed by atoms with van der Waals surface area (Å²) in [6, 6.07) is 11.1. The summed E-state index contributed by atoms with van der Waals surface area (Å²) in [6.07, 6.45) is -0.958. The molecule has 5 nitrogen and oxygen atoms in total. The Balaban J connectivity index is 1.77. The summed E-state index contributed by atoms with van der Waals surface area (Å²) in [5.74, 6) is -1.22. The van der Waals surface area contributed by atoms with Gasteiger partial charge in [-0.25, -0.2) is 4.79 Å². The summed E-state index contributed by atoms with van der Waals surface area (Å²) in [5, 5.41) is 9.65. The molecule has 1 amide bonds. The first-order chi connectivity index (χ1) is 11.0. The average Bonchev–Trinajstić information content (AvgIpc) is 3.04. The molecule has 1 saturated heterocycles. The normalized spacial score (nSPS) is 18.0. The maximum atomic E-state index is 12.5. The van der Waals surface area contributed by atoms with Gasteiger partial charge in [-0.05, 0) is 29.8 Å². The summed E-state index contributed by atoms with van der Waals surface area (Å²) in [6.45, 7) is 0.695. The zero-order valence-electron chi connectivity index (χ0n) is 12.1. The number of carbonyl (C=O) groups excluding carboxylic acids is 1. The van der Waals surface area contributed by atoms with Crippen LogP contribution in [0.25, 0.3) is 10.4 Å². The van der Waals surface area contributed by atoms with Gasteiger partial charge in [0.15, 0.2) is 6.10 Å². The molecule has 1 aliphatic heterocycles. The van der Waals surface area contributed by atoms with Gasteiger partial charge in [0.1, 0.15) is 0 Å². The van der Waals surface area contributed by atoms with Crippen LogP contribution in [0.1, 0.15) is 9.67 Å². The SMILES string of the molecule is O=C(O)C1CN(C(=O)c2ccc(-c3cccc(Cl)c3)s2)CCO1. The van der Waals surface area contributed by atoms with Crippen LogP contribution >= 0.6 is 22.9 Å². The lowest BCUT2D eigenvalue weighted by Gasteiger charge is -2.30. The van der Waals surface area contributed by atoms with Crippen LogP contribution < -0.4 is 0 Å². The van der Waals surface area contributed by atoms with Gasteiger partial charge >= 0.3 is 5.97 Å². The standard InChI is InChI=1S/C16H14ClNO4S/c17-11-3-1-2-10(8-11)13-4-5-14(23-13)15(19)18-6-7-22-12(9-18)16(20)21/h1-5,8,12H,6-7,9H2,(H,20,21). The minimum atomic E-state index is -1.05. The van der Waals surface area contributed by atoms with Crippen molar-refractivity contribution in [2.24, 2.45) is 0 Å². The number of carboxylic acids is 1. The van der Waals surface area contributed by atoms with E-state index in [0.717, 1.165) is 10.4 Å². The first-order valence-electron chi connectivity index (χ1n) is 7.04. The van der Waals surface area contributed by atoms with E-state index >= 15 is 0 Å². The highest BCUT2D eigenvalue weighted by molar-refractivity contribution is 7.17. The number of benzene rings is 1. The largest absolute Gasteiger partial charge is 0.479 e. The molecule has 1 atom stereocenters. The molecule has 0 saturated carbocycles. The summed E-state index contributed by atoms with van der Waals surface area (Å²) in [7, 11) is 0. The van der Waals surface area contributed by atoms with E-state index in [2.05, 4.69) is 0 Å². The molecule has 1 fully saturated rings. The second kappa shape index (κ2) is 6.70. The van der Waals surface area contributed by atoms with Crippen LogP contribution in [0.3, 0.4) is 0 Å². The molecule has 0 spiro atoms. The third-order valence-electron chi connectivity index (χ3n) is 3.56. The molecule has 0 bridgehead atoms. The molecule has 2 heterocycles. The van der Waals surface area contributed by atoms with E-state index in [0.29, 0.717) is 16.4 Å². The number of amides is 1. The van der Waals surface area contributed by atoms with E-state index in [1.807, 2.05) is 24.3 Å². The quantitative estimate of drug-likeness (QED) is 0.923. The Labute approximate surface area is 142 Å². The molecule has 0 radical (unpaired) electrons. The third kappa shape index (κ3) is 3.55. The minimum absolute atomic E-state index is 0.0680. The summed E-state index contributed by atoms with van der Waals surface area (Å²) in [4.78, 5) is 26.6. The van der Waals surface area contributed by atoms with Gasteiger partial charge in [0, 0.05) is 16.4 Å². The van der Waals surface area contributed by atoms with Crippen molar-refractivity contribution in [3.63, 3.8) is 0 Å². The Morgan fingerprint density at radius 2 is 2.13 bits per heavy atom. The monoisotopic (exact) mass is 351 g/mol. The molecule has 120 valence electrons. The van der Waals surface area contributed by atoms with Gasteiger partial charge in [-0.2, -0.15) is 0 Å². The topological polar surface area (TPSA) is 66.8 Å². The number of ether oxygens (including phenoxy) is 1. The van der Waals surface area contributed by atoms with Crippen molar-refractivity contribution in [3.05, 3.63) is 46.3 Å². The first-order valence-corrected chi connectivity index (χ1v) is 8.23. The Morgan fingerprint density at radius 1 is 1.30 bits per heavy atom. The number of nitrogens with zero attached hydrogens (tertiary/aromatic N) is 1. The van der Waals surface area contributed by atoms with E-state index in [4.69, 9.17) is 21.4 Å². The summed E-state index contributed by atoms with van der Waals surface area (Å²) >= 11 is 7.36. The molecule has 1 unspecified atom stereocenters. The fraction of sp³-hybridized carbons (Fsp3) is 0.250. The number of hydrogen-bond acceptors (Lipinski definition) is 4. The molecule has 23 heavy (non-hydrogen) atoms. The lowest BCUT2D eigenvalue weighted by atomic mass is 10.2. The smallest absolute Gasteiger partial charge is 0.334 e. The molecule has 3 rings (SSSR count). The molecule has 7 heteroatoms. The molecular formula is C16H14ClNO4S. The van der Waals surface area contributed by atoms with Crippen molar-refractivity contribution in [2.75, 3.05) is 19.7 Å². The van der Waals surface area contributed by atoms with E-state index in [1.165, 1.54) is 16.2 Å². The Morgan fingerprint density at radius 3 is 2.87 bits per heavy atom. The van der Waals surface area contributed by atoms with Crippen LogP contribution in [0.15, 0.2) is 36.4 Å². The maximum absolute atomic E-state index is 12.5. The van der Waals surface area contributed by atoms with Gasteiger partial charge in [0.05, 0.1) is 18.0 Å². The van der Waals surface area contributed by atoms with Crippen LogP contribution in [0.5, 0.6) is 0 Å². The van der Waals surface area contributed by atoms with Crippen LogP contribution in [0.4, 0.5) is 0 Å². The van der Waals surface area contributed by atoms with E-state index in [1.54, 1.807) is 12.1 Å². The van der Waals surface area contributed by atoms with E-state index < -0.39 is 12.1 Å². The molecule has 1 N–H and O–H groups in total. The number of hydrogen-bond donors (Lipinski definition) is 1. The highest BCUT2D eigenvalue weighted by atomic mass is 35.5. The first kappa shape index (κ1) is 16.0. The number of aliphatic carboxylic acids is 1. The van der Waals surface area contributed by atoms with E-state index in [-0.39, 0.29) is 19.1 Å². The molecular weight excluding hydrogens is 338 g/mol. The van der Waals surface area contributed by atoms with Gasteiger partial charge in [0.25, 0.3) is 5.91 Å². The predicted octanol–water partition coefficient (Wildman–Crippen LogP) is 2.99. The van der Waals surface area contributed by atoms with Gasteiger partial charge in [-0.3, -0.25) is 4.79 Å². The van der Waals surface area contributed by atoms with Gasteiger partial charge in [-0.1, -0.05) is 23.7 Å². The van der Waals surface area contributed by atoms with Crippen molar-refractivity contribution in [2.45, 2.75) is 6.10 Å². The van der Waals surface area contributed by atoms with Gasteiger partial charge < -0.3 is 14.7 Å². The second-order valence-electron chi connectivity index (χ2n) is 5.12. The Bertz CT molecular complexity index is 745. The number of carboxylic acid groups (broad SMARTS) is 1. The van der Waals surface area contributed by atoms with Crippen molar-refractivity contribution >= 4 is 34.8 Å². The maximum Gasteiger partial charge on any atom is 0.334 e. The van der Waals surface area contributed by atoms with Crippen LogP contribution in [0.2, 0.25) is 5.02 Å². The van der Waals surface area contributed by atoms with Crippen LogP contribution in [-0.2, 0) is 9.53 Å². The minimum Gasteiger partial charge on any atom is -0.479 e. The highest BCUT2D eigenvalue weighted by Crippen LogP contribution is 2.30. The van der Waals surface area contributed by atoms with Crippen LogP contribution in [-0.4, -0.2) is 47.7 Å². The molecule has 0 aliphatic carbocycles. The molecule has 1 aromatic heterocycles. The van der Waals surface area contributed by atoms with Crippen molar-refractivity contribution in [1.29, 1.82) is 0 Å². The van der Waals surface area contributed by atoms with E-state index in [9.17, 15) is 9.59 Å². The van der Waals surface area contributed by atoms with Gasteiger partial charge in [0.2, 0.25) is 0 Å². The number of thiophene rings is 1. The zero-order chi connectivity index (χ0) is 16.4.